The number of allylic oxidation sites excluding steroid dienone is 1. The van der Waals surface area contributed by atoms with E-state index in [9.17, 15) is 9.59 Å². The molecule has 0 radical (unpaired) electrons. The van der Waals surface area contributed by atoms with Crippen LogP contribution in [0.25, 0.3) is 0 Å². The van der Waals surface area contributed by atoms with Gasteiger partial charge in [-0.3, -0.25) is 4.79 Å². The van der Waals surface area contributed by atoms with Crippen molar-refractivity contribution in [1.29, 1.82) is 0 Å². The molecule has 0 rings (SSSR count). The highest BCUT2D eigenvalue weighted by atomic mass is 16.2. The topological polar surface area (TPSA) is 61.4 Å². The molecule has 0 unspecified atom stereocenters. The Hall–Kier alpha value is -1.52. The van der Waals surface area contributed by atoms with E-state index in [2.05, 4.69) is 10.6 Å². The zero-order valence-corrected chi connectivity index (χ0v) is 10.2. The van der Waals surface area contributed by atoms with Crippen LogP contribution in [0.15, 0.2) is 12.2 Å². The maximum absolute atomic E-state index is 11.5. The highest BCUT2D eigenvalue weighted by molar-refractivity contribution is 5.83. The van der Waals surface area contributed by atoms with Crippen molar-refractivity contribution >= 4 is 11.9 Å². The summed E-state index contributed by atoms with van der Waals surface area (Å²) >= 11 is 0. The second-order valence-electron chi connectivity index (χ2n) is 3.20. The van der Waals surface area contributed by atoms with E-state index in [1.165, 1.54) is 0 Å². The first-order valence-electron chi connectivity index (χ1n) is 5.56. The maximum Gasteiger partial charge on any atom is 0.315 e. The third-order valence-electron chi connectivity index (χ3n) is 2.13. The summed E-state index contributed by atoms with van der Waals surface area (Å²) in [6, 6.07) is -0.321. The molecule has 0 aliphatic carbocycles. The Morgan fingerprint density at radius 1 is 1.19 bits per heavy atom. The van der Waals surface area contributed by atoms with Gasteiger partial charge in [0.05, 0.1) is 6.54 Å². The van der Waals surface area contributed by atoms with Crippen molar-refractivity contribution in [2.24, 2.45) is 0 Å². The number of carbonyl (C=O) groups is 2. The highest BCUT2D eigenvalue weighted by Crippen LogP contribution is 1.87. The molecule has 0 spiro atoms. The van der Waals surface area contributed by atoms with Gasteiger partial charge in [-0.15, -0.1) is 0 Å². The van der Waals surface area contributed by atoms with Crippen LogP contribution < -0.4 is 10.6 Å². The molecule has 0 aromatic rings. The van der Waals surface area contributed by atoms with E-state index in [0.29, 0.717) is 19.6 Å². The number of carbonyl (C=O) groups excluding carboxylic acids is 2. The van der Waals surface area contributed by atoms with Gasteiger partial charge in [0.1, 0.15) is 0 Å². The van der Waals surface area contributed by atoms with Crippen LogP contribution in [0.4, 0.5) is 4.79 Å². The lowest BCUT2D eigenvalue weighted by molar-refractivity contribution is -0.129. The van der Waals surface area contributed by atoms with Crippen LogP contribution in [-0.4, -0.2) is 43.0 Å². The van der Waals surface area contributed by atoms with Gasteiger partial charge in [0.15, 0.2) is 0 Å². The second-order valence-corrected chi connectivity index (χ2v) is 3.20. The van der Waals surface area contributed by atoms with Gasteiger partial charge in [0.2, 0.25) is 5.91 Å². The van der Waals surface area contributed by atoms with Crippen LogP contribution in [0, 0.1) is 0 Å². The van der Waals surface area contributed by atoms with Gasteiger partial charge < -0.3 is 15.5 Å². The van der Waals surface area contributed by atoms with E-state index in [1.807, 2.05) is 32.9 Å². The average molecular weight is 227 g/mol. The number of nitrogens with zero attached hydrogens (tertiary/aromatic N) is 1. The minimum Gasteiger partial charge on any atom is -0.342 e. The fourth-order valence-corrected chi connectivity index (χ4v) is 1.18. The van der Waals surface area contributed by atoms with E-state index in [1.54, 1.807) is 4.90 Å². The van der Waals surface area contributed by atoms with Gasteiger partial charge in [-0.25, -0.2) is 4.79 Å². The molecule has 5 nitrogen and oxygen atoms in total. The van der Waals surface area contributed by atoms with Gasteiger partial charge in [-0.1, -0.05) is 12.2 Å². The zero-order valence-electron chi connectivity index (χ0n) is 10.2. The summed E-state index contributed by atoms with van der Waals surface area (Å²) in [5.74, 6) is -0.0637. The summed E-state index contributed by atoms with van der Waals surface area (Å²) in [6.45, 7) is 7.55. The number of rotatable bonds is 6. The zero-order chi connectivity index (χ0) is 12.4. The lowest BCUT2D eigenvalue weighted by Gasteiger charge is -2.18. The molecular formula is C11H21N3O2. The van der Waals surface area contributed by atoms with Crippen LogP contribution >= 0.6 is 0 Å². The molecule has 5 heteroatoms. The minimum absolute atomic E-state index is 0.0450. The number of likely N-dealkylation sites (N-methyl/N-ethyl adjacent to an activating group) is 1. The molecule has 0 atom stereocenters. The summed E-state index contributed by atoms with van der Waals surface area (Å²) in [6.07, 6.45) is 3.67. The maximum atomic E-state index is 11.5. The van der Waals surface area contributed by atoms with E-state index in [4.69, 9.17) is 0 Å². The Kier molecular flexibility index (Phi) is 7.93. The van der Waals surface area contributed by atoms with Crippen LogP contribution in [-0.2, 0) is 4.79 Å². The van der Waals surface area contributed by atoms with Gasteiger partial charge in [-0.05, 0) is 20.8 Å². The molecule has 2 N–H and O–H groups in total. The third kappa shape index (κ3) is 6.06. The summed E-state index contributed by atoms with van der Waals surface area (Å²) in [7, 11) is 0. The summed E-state index contributed by atoms with van der Waals surface area (Å²) in [4.78, 5) is 24.4. The summed E-state index contributed by atoms with van der Waals surface area (Å²) in [5.41, 5.74) is 0. The quantitative estimate of drug-likeness (QED) is 0.657. The van der Waals surface area contributed by atoms with Crippen LogP contribution in [0.5, 0.6) is 0 Å². The van der Waals surface area contributed by atoms with Gasteiger partial charge in [0, 0.05) is 19.6 Å². The van der Waals surface area contributed by atoms with Crippen LogP contribution in [0.3, 0.4) is 0 Å². The lowest BCUT2D eigenvalue weighted by Crippen LogP contribution is -2.43. The van der Waals surface area contributed by atoms with Crippen molar-refractivity contribution in [2.75, 3.05) is 26.2 Å². The number of hydrogen-bond donors (Lipinski definition) is 2. The number of nitrogens with one attached hydrogen (secondary N) is 2. The Balaban J connectivity index is 3.78. The average Bonchev–Trinajstić information content (AvgIpc) is 2.28. The molecule has 3 amide bonds. The molecule has 0 aliphatic rings. The van der Waals surface area contributed by atoms with Crippen molar-refractivity contribution in [3.05, 3.63) is 12.2 Å². The molecule has 16 heavy (non-hydrogen) atoms. The number of hydrogen-bond acceptors (Lipinski definition) is 2. The van der Waals surface area contributed by atoms with Crippen molar-refractivity contribution in [1.82, 2.24) is 15.5 Å². The SMILES string of the molecule is C/C=C\CNC(=O)NCC(=O)N(CC)CC. The molecule has 0 aliphatic heterocycles. The molecule has 0 aromatic carbocycles. The fraction of sp³-hybridized carbons (Fsp3) is 0.636. The molecule has 0 saturated heterocycles. The van der Waals surface area contributed by atoms with Gasteiger partial charge >= 0.3 is 6.03 Å². The molecule has 0 bridgehead atoms. The Morgan fingerprint density at radius 3 is 2.31 bits per heavy atom. The van der Waals surface area contributed by atoms with Crippen molar-refractivity contribution < 1.29 is 9.59 Å². The second kappa shape index (κ2) is 8.76. The molecule has 0 aromatic heterocycles. The Labute approximate surface area is 96.9 Å². The Bertz CT molecular complexity index is 248. The van der Waals surface area contributed by atoms with Crippen molar-refractivity contribution in [3.8, 4) is 0 Å². The molecule has 92 valence electrons. The molecule has 0 fully saturated rings. The third-order valence-corrected chi connectivity index (χ3v) is 2.13. The van der Waals surface area contributed by atoms with Gasteiger partial charge in [0.25, 0.3) is 0 Å². The molecule has 0 saturated carbocycles. The fourth-order valence-electron chi connectivity index (χ4n) is 1.18. The number of amides is 3. The first-order chi connectivity index (χ1) is 7.65. The predicted octanol–water partition coefficient (Wildman–Crippen LogP) is 0.730. The van der Waals surface area contributed by atoms with E-state index < -0.39 is 0 Å². The van der Waals surface area contributed by atoms with Gasteiger partial charge in [-0.2, -0.15) is 0 Å². The lowest BCUT2D eigenvalue weighted by atomic mass is 10.4. The number of urea groups is 1. The molecular weight excluding hydrogens is 206 g/mol. The van der Waals surface area contributed by atoms with Crippen LogP contribution in [0.2, 0.25) is 0 Å². The van der Waals surface area contributed by atoms with E-state index in [0.717, 1.165) is 0 Å². The van der Waals surface area contributed by atoms with E-state index >= 15 is 0 Å². The van der Waals surface area contributed by atoms with E-state index in [-0.39, 0.29) is 18.5 Å². The predicted molar refractivity (Wildman–Crippen MR) is 64.1 cm³/mol. The smallest absolute Gasteiger partial charge is 0.315 e. The summed E-state index contributed by atoms with van der Waals surface area (Å²) < 4.78 is 0. The van der Waals surface area contributed by atoms with Crippen molar-refractivity contribution in [2.45, 2.75) is 20.8 Å². The minimum atomic E-state index is -0.321. The normalized spacial score (nSPS) is 10.2. The Morgan fingerprint density at radius 2 is 1.81 bits per heavy atom. The standard InChI is InChI=1S/C11H21N3O2/c1-4-7-8-12-11(16)13-9-10(15)14(5-2)6-3/h4,7H,5-6,8-9H2,1-3H3,(H2,12,13,16)/b7-4-. The first-order valence-corrected chi connectivity index (χ1v) is 5.56. The highest BCUT2D eigenvalue weighted by Gasteiger charge is 2.09. The summed E-state index contributed by atoms with van der Waals surface area (Å²) in [5, 5.41) is 5.12. The largest absolute Gasteiger partial charge is 0.342 e. The van der Waals surface area contributed by atoms with Crippen molar-refractivity contribution in [3.63, 3.8) is 0 Å². The van der Waals surface area contributed by atoms with Crippen LogP contribution in [0.1, 0.15) is 20.8 Å². The molecule has 0 heterocycles. The monoisotopic (exact) mass is 227 g/mol. The first kappa shape index (κ1) is 14.5.